The molecule has 0 aliphatic heterocycles. The summed E-state index contributed by atoms with van der Waals surface area (Å²) >= 11 is 0. The molecule has 2 aromatic rings. The summed E-state index contributed by atoms with van der Waals surface area (Å²) in [6.45, 7) is 11.1. The minimum atomic E-state index is 0. The summed E-state index contributed by atoms with van der Waals surface area (Å²) < 4.78 is 5.74. The predicted octanol–water partition coefficient (Wildman–Crippen LogP) is 4.86. The Labute approximate surface area is 165 Å². The van der Waals surface area contributed by atoms with Crippen LogP contribution in [0, 0.1) is 27.7 Å². The maximum absolute atomic E-state index is 12.8. The van der Waals surface area contributed by atoms with Crippen molar-refractivity contribution in [2.24, 2.45) is 0 Å². The van der Waals surface area contributed by atoms with E-state index in [1.54, 1.807) is 0 Å². The molecule has 0 saturated carbocycles. The summed E-state index contributed by atoms with van der Waals surface area (Å²) in [4.78, 5) is 12.8. The zero-order valence-electron chi connectivity index (χ0n) is 16.3. The van der Waals surface area contributed by atoms with Crippen LogP contribution in [-0.2, 0) is 0 Å². The minimum Gasteiger partial charge on any atom is -0.494 e. The first kappa shape index (κ1) is 22.0. The number of rotatable bonds is 7. The largest absolute Gasteiger partial charge is 0.494 e. The molecule has 2 nitrogen and oxygen atoms in total. The van der Waals surface area contributed by atoms with E-state index in [0.717, 1.165) is 52.8 Å². The van der Waals surface area contributed by atoms with E-state index in [2.05, 4.69) is 32.9 Å². The van der Waals surface area contributed by atoms with Crippen LogP contribution in [0.1, 0.15) is 52.4 Å². The number of hydrogen-bond donors (Lipinski definition) is 0. The summed E-state index contributed by atoms with van der Waals surface area (Å²) in [5.41, 5.74) is 5.56. The van der Waals surface area contributed by atoms with Gasteiger partial charge in [0.25, 0.3) is 0 Å². The van der Waals surface area contributed by atoms with E-state index in [0.29, 0.717) is 0 Å². The van der Waals surface area contributed by atoms with Gasteiger partial charge in [-0.25, -0.2) is 0 Å². The molecule has 0 bridgehead atoms. The molecule has 0 N–H and O–H groups in total. The average molecular weight is 349 g/mol. The molecule has 1 atom stereocenters. The second-order valence-corrected chi connectivity index (χ2v) is 7.65. The Kier molecular flexibility index (Phi) is 8.95. The molecule has 2 aromatic carbocycles. The van der Waals surface area contributed by atoms with E-state index in [-0.39, 0.29) is 33.0 Å². The first-order valence-electron chi connectivity index (χ1n) is 8.55. The van der Waals surface area contributed by atoms with Gasteiger partial charge in [-0.3, -0.25) is 4.79 Å². The molecule has 0 aliphatic carbocycles. The van der Waals surface area contributed by atoms with Gasteiger partial charge in [-0.1, -0.05) is 37.1 Å². The van der Waals surface area contributed by atoms with Crippen molar-refractivity contribution in [3.63, 3.8) is 0 Å². The molecule has 0 amide bonds. The molecule has 1 radical (unpaired) electrons. The van der Waals surface area contributed by atoms with Crippen molar-refractivity contribution in [3.05, 3.63) is 58.1 Å². The van der Waals surface area contributed by atoms with Crippen LogP contribution in [0.5, 0.6) is 5.75 Å². The third-order valence-electron chi connectivity index (χ3n) is 4.12. The molecule has 129 valence electrons. The van der Waals surface area contributed by atoms with Crippen LogP contribution < -0.4 is 10.0 Å². The molecule has 0 spiro atoms. The third kappa shape index (κ3) is 6.00. The summed E-state index contributed by atoms with van der Waals surface area (Å²) in [7, 11) is 0.148. The number of aryl methyl sites for hydroxylation is 4. The quantitative estimate of drug-likeness (QED) is 0.405. The van der Waals surface area contributed by atoms with E-state index in [4.69, 9.17) is 4.74 Å². The molecule has 2 rings (SSSR count). The fourth-order valence-electron chi connectivity index (χ4n) is 2.92. The fraction of sp³-hybridized carbons (Fsp3) is 0.381. The summed E-state index contributed by atoms with van der Waals surface area (Å²) in [6.07, 6.45) is 2.19. The van der Waals surface area contributed by atoms with Crippen molar-refractivity contribution in [2.45, 2.75) is 47.5 Å². The topological polar surface area (TPSA) is 26.3 Å². The second-order valence-electron chi connectivity index (χ2n) is 6.41. The Morgan fingerprint density at radius 2 is 1.64 bits per heavy atom. The van der Waals surface area contributed by atoms with Crippen molar-refractivity contribution in [3.8, 4) is 5.75 Å². The Morgan fingerprint density at radius 3 is 2.20 bits per heavy atom. The zero-order chi connectivity index (χ0) is 17.7. The molecule has 0 aliphatic rings. The summed E-state index contributed by atoms with van der Waals surface area (Å²) in [6, 6.07) is 10.2. The average Bonchev–Trinajstić information content (AvgIpc) is 2.49. The van der Waals surface area contributed by atoms with Crippen molar-refractivity contribution in [1.29, 1.82) is 0 Å². The minimum absolute atomic E-state index is 0. The van der Waals surface area contributed by atoms with Gasteiger partial charge in [0, 0.05) is 24.4 Å². The van der Waals surface area contributed by atoms with Crippen LogP contribution >= 0.6 is 8.58 Å². The number of hydrogen-bond acceptors (Lipinski definition) is 2. The van der Waals surface area contributed by atoms with Gasteiger partial charge in [0.05, 0.1) is 6.61 Å². The number of benzene rings is 2. The van der Waals surface area contributed by atoms with Crippen LogP contribution in [0.2, 0.25) is 0 Å². The molecule has 25 heavy (non-hydrogen) atoms. The van der Waals surface area contributed by atoms with Gasteiger partial charge in [-0.15, -0.1) is 0 Å². The van der Waals surface area contributed by atoms with E-state index in [1.165, 1.54) is 5.56 Å². The number of carbonyl (C=O) groups is 1. The van der Waals surface area contributed by atoms with Gasteiger partial charge < -0.3 is 4.74 Å². The maximum Gasteiger partial charge on any atom is 0.186 e. The van der Waals surface area contributed by atoms with Gasteiger partial charge in [-0.05, 0) is 76.8 Å². The molecular formula is C21H27LiO2P. The predicted molar refractivity (Wildman–Crippen MR) is 110 cm³/mol. The number of unbranched alkanes of at least 4 members (excludes halogenated alkanes) is 1. The van der Waals surface area contributed by atoms with Crippen molar-refractivity contribution in [2.75, 3.05) is 6.61 Å². The standard InChI is InChI=1S/C21H27O2P.Li/c1-6-7-10-23-18-8-9-19(15(3)13-18)24-21(22)20-16(4)11-14(2)12-17(20)5;/h8-9,11-13,24H,6-7,10H2,1-5H3;. The van der Waals surface area contributed by atoms with E-state index < -0.39 is 0 Å². The third-order valence-corrected chi connectivity index (χ3v) is 5.42. The number of ether oxygens (including phenoxy) is 1. The van der Waals surface area contributed by atoms with Gasteiger partial charge in [0.2, 0.25) is 0 Å². The van der Waals surface area contributed by atoms with Crippen molar-refractivity contribution < 1.29 is 9.53 Å². The van der Waals surface area contributed by atoms with Crippen LogP contribution in [0.3, 0.4) is 0 Å². The van der Waals surface area contributed by atoms with Gasteiger partial charge in [0.1, 0.15) is 5.75 Å². The van der Waals surface area contributed by atoms with Crippen LogP contribution in [0.4, 0.5) is 0 Å². The van der Waals surface area contributed by atoms with E-state index in [9.17, 15) is 4.79 Å². The zero-order valence-corrected chi connectivity index (χ0v) is 17.3. The van der Waals surface area contributed by atoms with Crippen LogP contribution in [0.25, 0.3) is 0 Å². The Balaban J connectivity index is 0.00000312. The first-order chi connectivity index (χ1) is 11.4. The molecule has 0 heterocycles. The van der Waals surface area contributed by atoms with Crippen LogP contribution in [-0.4, -0.2) is 31.0 Å². The number of carbonyl (C=O) groups excluding carboxylic acids is 1. The first-order valence-corrected chi connectivity index (χ1v) is 9.55. The molecule has 1 unspecified atom stereocenters. The van der Waals surface area contributed by atoms with Crippen LogP contribution in [0.15, 0.2) is 30.3 Å². The molecule has 0 fully saturated rings. The van der Waals surface area contributed by atoms with E-state index >= 15 is 0 Å². The smallest absolute Gasteiger partial charge is 0.186 e. The molecule has 0 saturated heterocycles. The normalized spacial score (nSPS) is 10.8. The van der Waals surface area contributed by atoms with Crippen molar-refractivity contribution in [1.82, 2.24) is 0 Å². The summed E-state index contributed by atoms with van der Waals surface area (Å²) in [5, 5.41) is 1.10. The maximum atomic E-state index is 12.8. The van der Waals surface area contributed by atoms with Crippen molar-refractivity contribution >= 4 is 38.3 Å². The SMILES string of the molecule is CCCCOc1ccc(PC(=O)c2c(C)cc(C)cc2C)c(C)c1.[Li]. The monoisotopic (exact) mass is 349 g/mol. The molecular weight excluding hydrogens is 322 g/mol. The Hall–Kier alpha value is -1.06. The summed E-state index contributed by atoms with van der Waals surface area (Å²) in [5.74, 6) is 0.893. The molecule has 4 heteroatoms. The van der Waals surface area contributed by atoms with Gasteiger partial charge in [-0.2, -0.15) is 0 Å². The van der Waals surface area contributed by atoms with E-state index in [1.807, 2.05) is 32.0 Å². The Morgan fingerprint density at radius 1 is 1.00 bits per heavy atom. The fourth-order valence-corrected chi connectivity index (χ4v) is 4.12. The Bertz CT molecular complexity index is 718. The second kappa shape index (κ2) is 10.2. The van der Waals surface area contributed by atoms with Gasteiger partial charge >= 0.3 is 0 Å². The van der Waals surface area contributed by atoms with Gasteiger partial charge in [0.15, 0.2) is 5.52 Å². The molecule has 0 aromatic heterocycles.